The van der Waals surface area contributed by atoms with E-state index in [2.05, 4.69) is 26.2 Å². The zero-order chi connectivity index (χ0) is 13.5. The van der Waals surface area contributed by atoms with E-state index >= 15 is 0 Å². The van der Waals surface area contributed by atoms with Crippen LogP contribution in [0.25, 0.3) is 0 Å². The van der Waals surface area contributed by atoms with Crippen LogP contribution in [0, 0.1) is 0 Å². The van der Waals surface area contributed by atoms with Crippen LogP contribution in [0.1, 0.15) is 13.3 Å². The first-order valence-electron chi connectivity index (χ1n) is 5.75. The first-order chi connectivity index (χ1) is 8.47. The second kappa shape index (κ2) is 7.45. The molecule has 0 saturated carbocycles. The molecule has 18 heavy (non-hydrogen) atoms. The molecule has 1 amide bonds. The van der Waals surface area contributed by atoms with Crippen LogP contribution >= 0.6 is 15.9 Å². The van der Waals surface area contributed by atoms with Crippen LogP contribution in [0.15, 0.2) is 22.8 Å². The largest absolute Gasteiger partial charge is 0.393 e. The number of carbonyl (C=O) groups excluding carboxylic acids is 1. The Morgan fingerprint density at radius 2 is 2.33 bits per heavy atom. The van der Waals surface area contributed by atoms with Crippen LogP contribution < -0.4 is 5.32 Å². The molecular weight excluding hydrogens is 298 g/mol. The van der Waals surface area contributed by atoms with E-state index in [4.69, 9.17) is 5.11 Å². The maximum Gasteiger partial charge on any atom is 0.239 e. The van der Waals surface area contributed by atoms with Gasteiger partial charge in [-0.1, -0.05) is 0 Å². The fraction of sp³-hybridized carbons (Fsp3) is 0.500. The zero-order valence-electron chi connectivity index (χ0n) is 10.6. The maximum atomic E-state index is 11.7. The lowest BCUT2D eigenvalue weighted by atomic mass is 10.3. The number of nitrogens with one attached hydrogen (secondary N) is 1. The number of likely N-dealkylation sites (N-methyl/N-ethyl adjacent to an activating group) is 1. The van der Waals surface area contributed by atoms with E-state index in [-0.39, 0.29) is 18.6 Å². The van der Waals surface area contributed by atoms with Gasteiger partial charge in [0.2, 0.25) is 5.91 Å². The molecule has 2 N–H and O–H groups in total. The Morgan fingerprint density at radius 1 is 1.61 bits per heavy atom. The predicted octanol–water partition coefficient (Wildman–Crippen LogP) is 1.49. The molecule has 1 aromatic rings. The van der Waals surface area contributed by atoms with Crippen LogP contribution in [0.5, 0.6) is 0 Å². The number of aliphatic hydroxyl groups excluding tert-OH is 1. The Morgan fingerprint density at radius 3 is 2.89 bits per heavy atom. The standard InChI is InChI=1S/C12H18BrN3O2/c1-9(17)5-6-16(2)8-12(18)15-11-4-3-10(13)7-14-11/h3-4,7,9,17H,5-6,8H2,1-2H3,(H,14,15,18). The molecule has 0 radical (unpaired) electrons. The normalized spacial score (nSPS) is 12.5. The number of aliphatic hydroxyl groups is 1. The summed E-state index contributed by atoms with van der Waals surface area (Å²) in [5, 5.41) is 11.9. The zero-order valence-corrected chi connectivity index (χ0v) is 12.1. The van der Waals surface area contributed by atoms with Crippen molar-refractivity contribution < 1.29 is 9.90 Å². The number of pyridine rings is 1. The summed E-state index contributed by atoms with van der Waals surface area (Å²) >= 11 is 3.28. The minimum absolute atomic E-state index is 0.113. The van der Waals surface area contributed by atoms with Gasteiger partial charge in [0.1, 0.15) is 5.82 Å². The Hall–Kier alpha value is -0.980. The number of anilines is 1. The highest BCUT2D eigenvalue weighted by atomic mass is 79.9. The van der Waals surface area contributed by atoms with Crippen LogP contribution in [0.2, 0.25) is 0 Å². The van der Waals surface area contributed by atoms with Crippen molar-refractivity contribution in [3.8, 4) is 0 Å². The molecule has 1 rings (SSSR count). The monoisotopic (exact) mass is 315 g/mol. The van der Waals surface area contributed by atoms with Crippen LogP contribution in [0.4, 0.5) is 5.82 Å². The summed E-state index contributed by atoms with van der Waals surface area (Å²) in [7, 11) is 1.84. The molecule has 0 saturated heterocycles. The lowest BCUT2D eigenvalue weighted by molar-refractivity contribution is -0.117. The van der Waals surface area contributed by atoms with Gasteiger partial charge in [-0.3, -0.25) is 9.69 Å². The third-order valence-electron chi connectivity index (χ3n) is 2.34. The van der Waals surface area contributed by atoms with Gasteiger partial charge in [0.05, 0.1) is 12.6 Å². The van der Waals surface area contributed by atoms with Crippen molar-refractivity contribution in [2.24, 2.45) is 0 Å². The summed E-state index contributed by atoms with van der Waals surface area (Å²) in [6.45, 7) is 2.70. The third-order valence-corrected chi connectivity index (χ3v) is 2.81. The second-order valence-corrected chi connectivity index (χ2v) is 5.20. The highest BCUT2D eigenvalue weighted by Crippen LogP contribution is 2.10. The van der Waals surface area contributed by atoms with E-state index in [0.29, 0.717) is 18.8 Å². The third kappa shape index (κ3) is 6.09. The van der Waals surface area contributed by atoms with Gasteiger partial charge < -0.3 is 10.4 Å². The molecule has 0 aliphatic carbocycles. The Bertz CT molecular complexity index is 381. The van der Waals surface area contributed by atoms with E-state index in [1.165, 1.54) is 0 Å². The summed E-state index contributed by atoms with van der Waals surface area (Å²) in [5.74, 6) is 0.421. The van der Waals surface area contributed by atoms with E-state index < -0.39 is 0 Å². The van der Waals surface area contributed by atoms with Gasteiger partial charge in [-0.05, 0) is 48.5 Å². The van der Waals surface area contributed by atoms with Gasteiger partial charge in [-0.25, -0.2) is 4.98 Å². The molecule has 0 fully saturated rings. The van der Waals surface area contributed by atoms with Gasteiger partial charge in [0.25, 0.3) is 0 Å². The first-order valence-corrected chi connectivity index (χ1v) is 6.54. The SMILES string of the molecule is CC(O)CCN(C)CC(=O)Nc1ccc(Br)cn1. The number of rotatable bonds is 6. The molecule has 5 nitrogen and oxygen atoms in total. The molecule has 1 atom stereocenters. The van der Waals surface area contributed by atoms with E-state index in [9.17, 15) is 4.79 Å². The molecule has 0 bridgehead atoms. The van der Waals surface area contributed by atoms with Crippen LogP contribution in [-0.4, -0.2) is 47.1 Å². The summed E-state index contributed by atoms with van der Waals surface area (Å²) in [4.78, 5) is 17.6. The van der Waals surface area contributed by atoms with Crippen LogP contribution in [-0.2, 0) is 4.79 Å². The average Bonchev–Trinajstić information content (AvgIpc) is 2.29. The smallest absolute Gasteiger partial charge is 0.239 e. The number of carbonyl (C=O) groups is 1. The van der Waals surface area contributed by atoms with Crippen molar-refractivity contribution in [1.29, 1.82) is 0 Å². The van der Waals surface area contributed by atoms with E-state index in [0.717, 1.165) is 4.47 Å². The minimum atomic E-state index is -0.344. The van der Waals surface area contributed by atoms with Gasteiger partial charge in [0, 0.05) is 17.2 Å². The highest BCUT2D eigenvalue weighted by Gasteiger charge is 2.08. The topological polar surface area (TPSA) is 65.5 Å². The molecule has 100 valence electrons. The van der Waals surface area contributed by atoms with E-state index in [1.807, 2.05) is 18.0 Å². The summed E-state index contributed by atoms with van der Waals surface area (Å²) < 4.78 is 0.870. The van der Waals surface area contributed by atoms with Crippen LogP contribution in [0.3, 0.4) is 0 Å². The van der Waals surface area contributed by atoms with Gasteiger partial charge in [-0.2, -0.15) is 0 Å². The fourth-order valence-electron chi connectivity index (χ4n) is 1.36. The van der Waals surface area contributed by atoms with Crippen molar-refractivity contribution in [2.45, 2.75) is 19.4 Å². The Balaban J connectivity index is 2.34. The van der Waals surface area contributed by atoms with Crippen molar-refractivity contribution in [1.82, 2.24) is 9.88 Å². The van der Waals surface area contributed by atoms with Crippen molar-refractivity contribution in [3.05, 3.63) is 22.8 Å². The Kier molecular flexibility index (Phi) is 6.24. The molecular formula is C12H18BrN3O2. The summed E-state index contributed by atoms with van der Waals surface area (Å²) in [5.41, 5.74) is 0. The van der Waals surface area contributed by atoms with E-state index in [1.54, 1.807) is 19.2 Å². The molecule has 0 aliphatic rings. The molecule has 1 aromatic heterocycles. The molecule has 0 aromatic carbocycles. The van der Waals surface area contributed by atoms with Crippen molar-refractivity contribution in [3.63, 3.8) is 0 Å². The number of halogens is 1. The average molecular weight is 316 g/mol. The number of amides is 1. The minimum Gasteiger partial charge on any atom is -0.393 e. The van der Waals surface area contributed by atoms with Gasteiger partial charge in [-0.15, -0.1) is 0 Å². The lowest BCUT2D eigenvalue weighted by Crippen LogP contribution is -2.32. The fourth-order valence-corrected chi connectivity index (χ4v) is 1.60. The second-order valence-electron chi connectivity index (χ2n) is 4.29. The molecule has 0 aliphatic heterocycles. The quantitative estimate of drug-likeness (QED) is 0.834. The number of hydrogen-bond donors (Lipinski definition) is 2. The van der Waals surface area contributed by atoms with Crippen molar-refractivity contribution >= 4 is 27.7 Å². The first kappa shape index (κ1) is 15.1. The Labute approximate surface area is 115 Å². The number of aromatic nitrogens is 1. The predicted molar refractivity (Wildman–Crippen MR) is 74.4 cm³/mol. The maximum absolute atomic E-state index is 11.7. The van der Waals surface area contributed by atoms with Gasteiger partial charge >= 0.3 is 0 Å². The van der Waals surface area contributed by atoms with Gasteiger partial charge in [0.15, 0.2) is 0 Å². The molecule has 0 spiro atoms. The van der Waals surface area contributed by atoms with Crippen molar-refractivity contribution in [2.75, 3.05) is 25.5 Å². The molecule has 6 heteroatoms. The number of hydrogen-bond acceptors (Lipinski definition) is 4. The molecule has 1 unspecified atom stereocenters. The highest BCUT2D eigenvalue weighted by molar-refractivity contribution is 9.10. The summed E-state index contributed by atoms with van der Waals surface area (Å²) in [6.07, 6.45) is 1.94. The lowest BCUT2D eigenvalue weighted by Gasteiger charge is -2.16. The molecule has 1 heterocycles. The summed E-state index contributed by atoms with van der Waals surface area (Å²) in [6, 6.07) is 3.55. The number of nitrogens with zero attached hydrogens (tertiary/aromatic N) is 2.